The lowest BCUT2D eigenvalue weighted by molar-refractivity contribution is -0.122. The van der Waals surface area contributed by atoms with E-state index in [1.165, 1.54) is 32.1 Å². The molecule has 5 nitrogen and oxygen atoms in total. The molecule has 3 unspecified atom stereocenters. The van der Waals surface area contributed by atoms with Crippen LogP contribution in [0.3, 0.4) is 0 Å². The average molecular weight is 329 g/mol. The predicted octanol–water partition coefficient (Wildman–Crippen LogP) is 2.62. The summed E-state index contributed by atoms with van der Waals surface area (Å²) in [5.41, 5.74) is 6.37. The maximum Gasteiger partial charge on any atom is 0.248 e. The Hall–Kier alpha value is -1.88. The van der Waals surface area contributed by atoms with Crippen LogP contribution in [0.1, 0.15) is 49.4 Å². The van der Waals surface area contributed by atoms with Crippen LogP contribution in [0, 0.1) is 11.8 Å². The summed E-state index contributed by atoms with van der Waals surface area (Å²) in [6.45, 7) is 4.03. The lowest BCUT2D eigenvalue weighted by Crippen LogP contribution is -2.49. The van der Waals surface area contributed by atoms with Gasteiger partial charge in [0.2, 0.25) is 11.8 Å². The number of nitrogens with zero attached hydrogens (tertiary/aromatic N) is 1. The summed E-state index contributed by atoms with van der Waals surface area (Å²) in [5, 5.41) is 2.94. The molecule has 0 spiro atoms. The fourth-order valence-electron chi connectivity index (χ4n) is 4.11. The van der Waals surface area contributed by atoms with Crippen LogP contribution in [0.4, 0.5) is 5.69 Å². The first kappa shape index (κ1) is 17.0. The summed E-state index contributed by atoms with van der Waals surface area (Å²) in [5.74, 6) is 1.18. The van der Waals surface area contributed by atoms with Crippen molar-refractivity contribution in [2.75, 3.05) is 18.4 Å². The number of carbonyl (C=O) groups excluding carboxylic acids is 2. The number of hydrogen-bond acceptors (Lipinski definition) is 3. The largest absolute Gasteiger partial charge is 0.366 e. The van der Waals surface area contributed by atoms with Gasteiger partial charge < -0.3 is 11.1 Å². The second-order valence-corrected chi connectivity index (χ2v) is 7.20. The number of benzene rings is 1. The molecule has 3 rings (SSSR count). The van der Waals surface area contributed by atoms with Crippen LogP contribution in [0.5, 0.6) is 0 Å². The zero-order valence-corrected chi connectivity index (χ0v) is 14.3. The minimum absolute atomic E-state index is 0.0103. The van der Waals surface area contributed by atoms with Gasteiger partial charge in [-0.25, -0.2) is 0 Å². The lowest BCUT2D eigenvalue weighted by atomic mass is 9.75. The molecule has 0 aromatic heterocycles. The van der Waals surface area contributed by atoms with Crippen molar-refractivity contribution >= 4 is 17.5 Å². The minimum atomic E-state index is -0.461. The zero-order valence-electron chi connectivity index (χ0n) is 14.3. The number of rotatable bonds is 4. The van der Waals surface area contributed by atoms with Gasteiger partial charge in [-0.15, -0.1) is 0 Å². The minimum Gasteiger partial charge on any atom is -0.366 e. The molecule has 24 heavy (non-hydrogen) atoms. The van der Waals surface area contributed by atoms with E-state index in [9.17, 15) is 9.59 Å². The highest BCUT2D eigenvalue weighted by molar-refractivity contribution is 5.96. The molecule has 1 heterocycles. The molecule has 5 heteroatoms. The molecule has 130 valence electrons. The molecule has 3 atom stereocenters. The number of nitrogens with two attached hydrogens (primary N) is 1. The fraction of sp³-hybridized carbons (Fsp3) is 0.579. The van der Waals surface area contributed by atoms with Crippen molar-refractivity contribution in [1.29, 1.82) is 0 Å². The van der Waals surface area contributed by atoms with Gasteiger partial charge in [-0.1, -0.05) is 19.3 Å². The Bertz CT molecular complexity index is 599. The van der Waals surface area contributed by atoms with E-state index in [0.717, 1.165) is 24.9 Å². The van der Waals surface area contributed by atoms with Gasteiger partial charge in [-0.2, -0.15) is 0 Å². The van der Waals surface area contributed by atoms with Gasteiger partial charge in [-0.3, -0.25) is 14.5 Å². The van der Waals surface area contributed by atoms with E-state index in [0.29, 0.717) is 11.3 Å². The topological polar surface area (TPSA) is 75.4 Å². The maximum absolute atomic E-state index is 12.5. The van der Waals surface area contributed by atoms with Crippen LogP contribution in [0.2, 0.25) is 0 Å². The molecule has 3 N–H and O–H groups in total. The molecule has 1 aromatic carbocycles. The maximum atomic E-state index is 12.5. The lowest BCUT2D eigenvalue weighted by Gasteiger charge is -2.43. The monoisotopic (exact) mass is 329 g/mol. The summed E-state index contributed by atoms with van der Waals surface area (Å²) in [4.78, 5) is 26.0. The molecule has 1 aliphatic carbocycles. The van der Waals surface area contributed by atoms with Crippen LogP contribution in [0.15, 0.2) is 24.3 Å². The van der Waals surface area contributed by atoms with Gasteiger partial charge in [0.1, 0.15) is 0 Å². The Morgan fingerprint density at radius 2 is 1.79 bits per heavy atom. The van der Waals surface area contributed by atoms with Crippen molar-refractivity contribution in [2.24, 2.45) is 17.6 Å². The smallest absolute Gasteiger partial charge is 0.248 e. The first-order chi connectivity index (χ1) is 11.5. The number of likely N-dealkylation sites (tertiary alicyclic amines) is 1. The Morgan fingerprint density at radius 3 is 2.46 bits per heavy atom. The van der Waals surface area contributed by atoms with E-state index in [1.54, 1.807) is 24.3 Å². The van der Waals surface area contributed by atoms with E-state index in [1.807, 2.05) is 6.92 Å². The van der Waals surface area contributed by atoms with Crippen LogP contribution in [-0.4, -0.2) is 35.8 Å². The van der Waals surface area contributed by atoms with E-state index in [-0.39, 0.29) is 11.9 Å². The van der Waals surface area contributed by atoms with Crippen molar-refractivity contribution in [2.45, 2.75) is 45.1 Å². The molecule has 2 amide bonds. The van der Waals surface area contributed by atoms with Gasteiger partial charge in [-0.05, 0) is 62.4 Å². The van der Waals surface area contributed by atoms with Crippen LogP contribution < -0.4 is 11.1 Å². The molecule has 0 bridgehead atoms. The molecule has 2 aliphatic rings. The third-order valence-corrected chi connectivity index (χ3v) is 5.69. The molecular formula is C19H27N3O2. The van der Waals surface area contributed by atoms with Crippen LogP contribution in [0.25, 0.3) is 0 Å². The number of carbonyl (C=O) groups is 2. The first-order valence-electron chi connectivity index (χ1n) is 8.99. The van der Waals surface area contributed by atoms with Crippen LogP contribution in [-0.2, 0) is 4.79 Å². The molecule has 0 radical (unpaired) electrons. The first-order valence-corrected chi connectivity index (χ1v) is 8.99. The van der Waals surface area contributed by atoms with E-state index in [4.69, 9.17) is 5.73 Å². The van der Waals surface area contributed by atoms with Gasteiger partial charge in [0.15, 0.2) is 0 Å². The van der Waals surface area contributed by atoms with Crippen molar-refractivity contribution in [3.8, 4) is 0 Å². The normalized spacial score (nSPS) is 25.5. The fourth-order valence-corrected chi connectivity index (χ4v) is 4.11. The number of amides is 2. The molecule has 2 fully saturated rings. The number of fused-ring (bicyclic) bond motifs is 1. The summed E-state index contributed by atoms with van der Waals surface area (Å²) in [7, 11) is 0. The summed E-state index contributed by atoms with van der Waals surface area (Å²) in [6.07, 6.45) is 6.60. The Kier molecular flexibility index (Phi) is 5.19. The van der Waals surface area contributed by atoms with Gasteiger partial charge in [0.25, 0.3) is 0 Å². The summed E-state index contributed by atoms with van der Waals surface area (Å²) >= 11 is 0. The second-order valence-electron chi connectivity index (χ2n) is 7.20. The van der Waals surface area contributed by atoms with Crippen LogP contribution >= 0.6 is 0 Å². The number of hydrogen-bond donors (Lipinski definition) is 2. The SMILES string of the molecule is CC(C(=O)Nc1ccc(C(N)=O)cc1)N1CCC2CCCCC2C1. The number of nitrogens with one attached hydrogen (secondary N) is 1. The number of primary amides is 1. The van der Waals surface area contributed by atoms with Crippen molar-refractivity contribution < 1.29 is 9.59 Å². The molecule has 1 saturated heterocycles. The molecule has 1 aromatic rings. The van der Waals surface area contributed by atoms with Crippen molar-refractivity contribution in [1.82, 2.24) is 4.90 Å². The van der Waals surface area contributed by atoms with E-state index in [2.05, 4.69) is 10.2 Å². The Balaban J connectivity index is 1.57. The molecular weight excluding hydrogens is 302 g/mol. The zero-order chi connectivity index (χ0) is 17.1. The van der Waals surface area contributed by atoms with Crippen molar-refractivity contribution in [3.63, 3.8) is 0 Å². The highest BCUT2D eigenvalue weighted by Crippen LogP contribution is 2.36. The number of anilines is 1. The average Bonchev–Trinajstić information content (AvgIpc) is 2.61. The quantitative estimate of drug-likeness (QED) is 0.891. The predicted molar refractivity (Wildman–Crippen MR) is 94.7 cm³/mol. The Labute approximate surface area is 143 Å². The number of piperidine rings is 1. The highest BCUT2D eigenvalue weighted by atomic mass is 16.2. The second kappa shape index (κ2) is 7.34. The van der Waals surface area contributed by atoms with Gasteiger partial charge in [0, 0.05) is 17.8 Å². The van der Waals surface area contributed by atoms with Gasteiger partial charge in [0.05, 0.1) is 6.04 Å². The third kappa shape index (κ3) is 3.78. The van der Waals surface area contributed by atoms with E-state index < -0.39 is 5.91 Å². The Morgan fingerprint density at radius 1 is 1.12 bits per heavy atom. The third-order valence-electron chi connectivity index (χ3n) is 5.69. The summed E-state index contributed by atoms with van der Waals surface area (Å²) in [6, 6.07) is 6.58. The van der Waals surface area contributed by atoms with Gasteiger partial charge >= 0.3 is 0 Å². The standard InChI is InChI=1S/C19H27N3O2/c1-13(22-11-10-14-4-2-3-5-16(14)12-22)19(24)21-17-8-6-15(7-9-17)18(20)23/h6-9,13-14,16H,2-5,10-12H2,1H3,(H2,20,23)(H,21,24). The van der Waals surface area contributed by atoms with Crippen molar-refractivity contribution in [3.05, 3.63) is 29.8 Å². The summed E-state index contributed by atoms with van der Waals surface area (Å²) < 4.78 is 0. The molecule has 1 aliphatic heterocycles. The highest BCUT2D eigenvalue weighted by Gasteiger charge is 2.34. The van der Waals surface area contributed by atoms with E-state index >= 15 is 0 Å². The molecule has 1 saturated carbocycles.